The molecule has 0 saturated carbocycles. The largest absolute Gasteiger partial charge is 0.493 e. The van der Waals surface area contributed by atoms with E-state index in [4.69, 9.17) is 9.84 Å². The number of carboxylic acids is 1. The molecule has 2 heterocycles. The number of aromatic carboxylic acids is 1. The molecule has 0 atom stereocenters. The van der Waals surface area contributed by atoms with Gasteiger partial charge in [-0.3, -0.25) is 9.20 Å². The molecule has 3 rings (SSSR count). The van der Waals surface area contributed by atoms with Crippen LogP contribution in [0, 0.1) is 0 Å². The number of pyridine rings is 1. The van der Waals surface area contributed by atoms with Crippen LogP contribution in [0.15, 0.2) is 42.6 Å². The number of hydrogen-bond donors (Lipinski definition) is 2. The van der Waals surface area contributed by atoms with Crippen molar-refractivity contribution in [2.75, 3.05) is 12.4 Å². The fraction of sp³-hybridized carbons (Fsp3) is 0.167. The number of aryl methyl sites for hydroxylation is 1. The summed E-state index contributed by atoms with van der Waals surface area (Å²) in [4.78, 5) is 28.4. The Kier molecular flexibility index (Phi) is 4.38. The summed E-state index contributed by atoms with van der Waals surface area (Å²) in [6, 6.07) is 9.65. The predicted molar refractivity (Wildman–Crippen MR) is 92.5 cm³/mol. The van der Waals surface area contributed by atoms with E-state index in [1.54, 1.807) is 42.0 Å². The van der Waals surface area contributed by atoms with E-state index in [9.17, 15) is 9.59 Å². The first-order chi connectivity index (χ1) is 12.0. The minimum atomic E-state index is -1.05. The summed E-state index contributed by atoms with van der Waals surface area (Å²) in [5.41, 5.74) is 2.11. The molecule has 0 unspecified atom stereocenters. The second-order valence-corrected chi connectivity index (χ2v) is 5.37. The van der Waals surface area contributed by atoms with E-state index in [-0.39, 0.29) is 11.5 Å². The fourth-order valence-corrected chi connectivity index (χ4v) is 2.66. The van der Waals surface area contributed by atoms with Crippen LogP contribution >= 0.6 is 0 Å². The van der Waals surface area contributed by atoms with Crippen LogP contribution in [-0.4, -0.2) is 33.5 Å². The Balaban J connectivity index is 2.02. The van der Waals surface area contributed by atoms with Gasteiger partial charge in [-0.2, -0.15) is 0 Å². The number of methoxy groups -OCH3 is 1. The number of imidazole rings is 1. The highest BCUT2D eigenvalue weighted by Crippen LogP contribution is 2.23. The van der Waals surface area contributed by atoms with Gasteiger partial charge in [-0.05, 0) is 36.8 Å². The van der Waals surface area contributed by atoms with E-state index < -0.39 is 5.97 Å². The van der Waals surface area contributed by atoms with Gasteiger partial charge in [0.15, 0.2) is 11.4 Å². The molecule has 1 aromatic carbocycles. The van der Waals surface area contributed by atoms with Crippen LogP contribution in [0.4, 0.5) is 5.69 Å². The van der Waals surface area contributed by atoms with Gasteiger partial charge in [-0.15, -0.1) is 0 Å². The third kappa shape index (κ3) is 3.03. The third-order valence-electron chi connectivity index (χ3n) is 3.82. The summed E-state index contributed by atoms with van der Waals surface area (Å²) in [5, 5.41) is 11.8. The Morgan fingerprint density at radius 3 is 2.76 bits per heavy atom. The van der Waals surface area contributed by atoms with Crippen LogP contribution in [0.3, 0.4) is 0 Å². The van der Waals surface area contributed by atoms with Crippen LogP contribution < -0.4 is 10.1 Å². The number of anilines is 1. The van der Waals surface area contributed by atoms with E-state index in [1.807, 2.05) is 6.92 Å². The van der Waals surface area contributed by atoms with E-state index in [0.29, 0.717) is 34.9 Å². The van der Waals surface area contributed by atoms with Crippen LogP contribution in [-0.2, 0) is 6.42 Å². The molecular weight excluding hydrogens is 322 g/mol. The van der Waals surface area contributed by atoms with E-state index >= 15 is 0 Å². The van der Waals surface area contributed by atoms with E-state index in [0.717, 1.165) is 0 Å². The van der Waals surface area contributed by atoms with Gasteiger partial charge in [0.25, 0.3) is 5.91 Å². The molecule has 3 aromatic rings. The first-order valence-electron chi connectivity index (χ1n) is 7.73. The Morgan fingerprint density at radius 1 is 1.28 bits per heavy atom. The summed E-state index contributed by atoms with van der Waals surface area (Å²) in [5.74, 6) is -0.839. The summed E-state index contributed by atoms with van der Waals surface area (Å²) in [7, 11) is 1.55. The zero-order valence-electron chi connectivity index (χ0n) is 13.8. The van der Waals surface area contributed by atoms with Gasteiger partial charge in [0, 0.05) is 11.9 Å². The first-order valence-corrected chi connectivity index (χ1v) is 7.73. The highest BCUT2D eigenvalue weighted by molar-refractivity contribution is 6.05. The average molecular weight is 339 g/mol. The molecule has 0 fully saturated rings. The maximum absolute atomic E-state index is 12.8. The maximum atomic E-state index is 12.8. The lowest BCUT2D eigenvalue weighted by Gasteiger charge is -2.08. The third-order valence-corrected chi connectivity index (χ3v) is 3.82. The zero-order valence-corrected chi connectivity index (χ0v) is 13.8. The standard InChI is InChI=1S/C18H17N3O4/c1-3-13-15(21-9-5-8-14(25-2)16(21)20-13)17(22)19-12-7-4-6-11(10-12)18(23)24/h4-10H,3H2,1-2H3,(H,19,22)(H,23,24). The number of ether oxygens (including phenoxy) is 1. The number of rotatable bonds is 5. The average Bonchev–Trinajstić information content (AvgIpc) is 3.00. The first kappa shape index (κ1) is 16.5. The Bertz CT molecular complexity index is 962. The number of hydrogen-bond acceptors (Lipinski definition) is 4. The molecule has 128 valence electrons. The normalized spacial score (nSPS) is 10.6. The molecule has 1 amide bonds. The van der Waals surface area contributed by atoms with E-state index in [1.165, 1.54) is 12.1 Å². The van der Waals surface area contributed by atoms with Crippen molar-refractivity contribution in [3.05, 3.63) is 59.5 Å². The van der Waals surface area contributed by atoms with Crippen molar-refractivity contribution in [1.29, 1.82) is 0 Å². The number of nitrogens with zero attached hydrogens (tertiary/aromatic N) is 2. The van der Waals surface area contributed by atoms with Gasteiger partial charge in [0.1, 0.15) is 5.69 Å². The van der Waals surface area contributed by atoms with Crippen LogP contribution in [0.1, 0.15) is 33.5 Å². The number of nitrogens with one attached hydrogen (secondary N) is 1. The van der Waals surface area contributed by atoms with Crippen LogP contribution in [0.2, 0.25) is 0 Å². The molecular formula is C18H17N3O4. The van der Waals surface area contributed by atoms with Crippen LogP contribution in [0.5, 0.6) is 5.75 Å². The lowest BCUT2D eigenvalue weighted by molar-refractivity contribution is 0.0696. The smallest absolute Gasteiger partial charge is 0.335 e. The van der Waals surface area contributed by atoms with Crippen molar-refractivity contribution in [2.24, 2.45) is 0 Å². The second kappa shape index (κ2) is 6.64. The maximum Gasteiger partial charge on any atom is 0.335 e. The van der Waals surface area contributed by atoms with Crippen molar-refractivity contribution >= 4 is 23.2 Å². The van der Waals surface area contributed by atoms with Gasteiger partial charge < -0.3 is 15.2 Å². The predicted octanol–water partition coefficient (Wildman–Crippen LogP) is 2.86. The summed E-state index contributed by atoms with van der Waals surface area (Å²) in [6.45, 7) is 1.91. The molecule has 0 aliphatic rings. The monoisotopic (exact) mass is 339 g/mol. The number of fused-ring (bicyclic) bond motifs is 1. The molecule has 7 heteroatoms. The number of carboxylic acid groups (broad SMARTS) is 1. The molecule has 25 heavy (non-hydrogen) atoms. The summed E-state index contributed by atoms with van der Waals surface area (Å²) in [6.07, 6.45) is 2.31. The van der Waals surface area contributed by atoms with Crippen molar-refractivity contribution in [2.45, 2.75) is 13.3 Å². The summed E-state index contributed by atoms with van der Waals surface area (Å²) >= 11 is 0. The molecule has 0 saturated heterocycles. The number of benzene rings is 1. The topological polar surface area (TPSA) is 92.9 Å². The molecule has 0 aliphatic heterocycles. The number of aromatic nitrogens is 2. The van der Waals surface area contributed by atoms with Crippen LogP contribution in [0.25, 0.3) is 5.65 Å². The molecule has 0 spiro atoms. The number of carbonyl (C=O) groups excluding carboxylic acids is 1. The number of carbonyl (C=O) groups is 2. The minimum Gasteiger partial charge on any atom is -0.493 e. The highest BCUT2D eigenvalue weighted by atomic mass is 16.5. The zero-order chi connectivity index (χ0) is 18.0. The fourth-order valence-electron chi connectivity index (χ4n) is 2.66. The lowest BCUT2D eigenvalue weighted by Crippen LogP contribution is -2.16. The molecule has 2 aromatic heterocycles. The second-order valence-electron chi connectivity index (χ2n) is 5.37. The van der Waals surface area contributed by atoms with Gasteiger partial charge in [-0.25, -0.2) is 9.78 Å². The molecule has 7 nitrogen and oxygen atoms in total. The van der Waals surface area contributed by atoms with Crippen molar-refractivity contribution in [1.82, 2.24) is 9.38 Å². The SMILES string of the molecule is CCc1nc2c(OC)cccn2c1C(=O)Nc1cccc(C(=O)O)c1. The van der Waals surface area contributed by atoms with Crippen molar-refractivity contribution in [3.8, 4) is 5.75 Å². The Hall–Kier alpha value is -3.35. The van der Waals surface area contributed by atoms with Gasteiger partial charge in [-0.1, -0.05) is 13.0 Å². The Labute approximate surface area is 143 Å². The Morgan fingerprint density at radius 2 is 2.08 bits per heavy atom. The quantitative estimate of drug-likeness (QED) is 0.745. The van der Waals surface area contributed by atoms with Gasteiger partial charge in [0.2, 0.25) is 0 Å². The summed E-state index contributed by atoms with van der Waals surface area (Å²) < 4.78 is 6.97. The molecule has 0 radical (unpaired) electrons. The highest BCUT2D eigenvalue weighted by Gasteiger charge is 2.20. The molecule has 0 aliphatic carbocycles. The lowest BCUT2D eigenvalue weighted by atomic mass is 10.2. The van der Waals surface area contributed by atoms with Gasteiger partial charge >= 0.3 is 5.97 Å². The molecule has 0 bridgehead atoms. The number of amides is 1. The molecule has 2 N–H and O–H groups in total. The van der Waals surface area contributed by atoms with E-state index in [2.05, 4.69) is 10.3 Å². The van der Waals surface area contributed by atoms with Crippen molar-refractivity contribution < 1.29 is 19.4 Å². The minimum absolute atomic E-state index is 0.105. The van der Waals surface area contributed by atoms with Crippen molar-refractivity contribution in [3.63, 3.8) is 0 Å². The van der Waals surface area contributed by atoms with Gasteiger partial charge in [0.05, 0.1) is 18.4 Å².